The molecule has 0 bridgehead atoms. The minimum atomic E-state index is -0.731. The number of ether oxygens (including phenoxy) is 1. The van der Waals surface area contributed by atoms with Crippen LogP contribution in [0.3, 0.4) is 0 Å². The first-order valence-electron chi connectivity index (χ1n) is 8.22. The summed E-state index contributed by atoms with van der Waals surface area (Å²) in [6.07, 6.45) is 1.11. The van der Waals surface area contributed by atoms with Gasteiger partial charge in [-0.3, -0.25) is 4.79 Å². The molecule has 1 N–H and O–H groups in total. The number of aryl methyl sites for hydroxylation is 1. The monoisotopic (exact) mass is 321 g/mol. The SMILES string of the molecule is O=C(O)C[C@H]1CCn2c1cc1cc(OCc3ccccc3)ccc12. The highest BCUT2D eigenvalue weighted by atomic mass is 16.5. The van der Waals surface area contributed by atoms with Gasteiger partial charge in [-0.25, -0.2) is 0 Å². The maximum atomic E-state index is 11.0. The van der Waals surface area contributed by atoms with Gasteiger partial charge in [-0.15, -0.1) is 0 Å². The highest BCUT2D eigenvalue weighted by molar-refractivity contribution is 5.83. The van der Waals surface area contributed by atoms with Crippen LogP contribution in [-0.4, -0.2) is 15.6 Å². The van der Waals surface area contributed by atoms with Crippen molar-refractivity contribution in [1.82, 2.24) is 4.57 Å². The summed E-state index contributed by atoms with van der Waals surface area (Å²) < 4.78 is 8.13. The second-order valence-electron chi connectivity index (χ2n) is 6.30. The summed E-state index contributed by atoms with van der Waals surface area (Å²) in [5.74, 6) is 0.222. The Morgan fingerprint density at radius 1 is 1.17 bits per heavy atom. The molecule has 24 heavy (non-hydrogen) atoms. The van der Waals surface area contributed by atoms with Crippen molar-refractivity contribution in [3.05, 3.63) is 65.9 Å². The van der Waals surface area contributed by atoms with E-state index in [1.54, 1.807) is 0 Å². The number of benzene rings is 2. The Bertz CT molecular complexity index is 883. The van der Waals surface area contributed by atoms with Crippen LogP contribution < -0.4 is 4.74 Å². The summed E-state index contributed by atoms with van der Waals surface area (Å²) in [6.45, 7) is 1.43. The average Bonchev–Trinajstić information content (AvgIpc) is 3.13. The van der Waals surface area contributed by atoms with Gasteiger partial charge in [0, 0.05) is 29.1 Å². The minimum Gasteiger partial charge on any atom is -0.489 e. The number of carboxylic acid groups (broad SMARTS) is 1. The first-order valence-corrected chi connectivity index (χ1v) is 8.22. The van der Waals surface area contributed by atoms with Gasteiger partial charge in [0.2, 0.25) is 0 Å². The summed E-state index contributed by atoms with van der Waals surface area (Å²) in [4.78, 5) is 11.0. The molecule has 0 amide bonds. The Labute approximate surface area is 140 Å². The Kier molecular flexibility index (Phi) is 3.73. The molecule has 0 aliphatic carbocycles. The van der Waals surface area contributed by atoms with E-state index >= 15 is 0 Å². The first kappa shape index (κ1) is 14.8. The van der Waals surface area contributed by atoms with Gasteiger partial charge in [-0.1, -0.05) is 30.3 Å². The number of carboxylic acids is 1. The number of nitrogens with zero attached hydrogens (tertiary/aromatic N) is 1. The fourth-order valence-corrected chi connectivity index (χ4v) is 3.54. The quantitative estimate of drug-likeness (QED) is 0.767. The van der Waals surface area contributed by atoms with E-state index in [0.717, 1.165) is 40.9 Å². The Hall–Kier alpha value is -2.75. The maximum Gasteiger partial charge on any atom is 0.304 e. The molecular formula is C20H19NO3. The number of aromatic nitrogens is 1. The Morgan fingerprint density at radius 3 is 2.79 bits per heavy atom. The van der Waals surface area contributed by atoms with E-state index in [2.05, 4.69) is 16.7 Å². The fraction of sp³-hybridized carbons (Fsp3) is 0.250. The van der Waals surface area contributed by atoms with E-state index < -0.39 is 5.97 Å². The molecule has 4 rings (SSSR count). The lowest BCUT2D eigenvalue weighted by atomic mass is 10.0. The van der Waals surface area contributed by atoms with Gasteiger partial charge in [0.1, 0.15) is 12.4 Å². The van der Waals surface area contributed by atoms with Gasteiger partial charge in [-0.05, 0) is 36.2 Å². The highest BCUT2D eigenvalue weighted by Gasteiger charge is 2.26. The summed E-state index contributed by atoms with van der Waals surface area (Å²) in [6, 6.07) is 18.3. The smallest absolute Gasteiger partial charge is 0.304 e. The zero-order valence-corrected chi connectivity index (χ0v) is 13.3. The summed E-state index contributed by atoms with van der Waals surface area (Å²) >= 11 is 0. The molecule has 4 heteroatoms. The van der Waals surface area contributed by atoms with Crippen LogP contribution in [0.15, 0.2) is 54.6 Å². The number of hydrogen-bond acceptors (Lipinski definition) is 2. The third-order valence-corrected chi connectivity index (χ3v) is 4.69. The molecule has 0 unspecified atom stereocenters. The van der Waals surface area contributed by atoms with Crippen LogP contribution in [0.5, 0.6) is 5.75 Å². The van der Waals surface area contributed by atoms with Crippen molar-refractivity contribution in [2.45, 2.75) is 31.9 Å². The zero-order valence-electron chi connectivity index (χ0n) is 13.3. The molecular weight excluding hydrogens is 302 g/mol. The molecule has 4 nitrogen and oxygen atoms in total. The van der Waals surface area contributed by atoms with Crippen LogP contribution in [0, 0.1) is 0 Å². The molecule has 0 radical (unpaired) electrons. The molecule has 2 heterocycles. The molecule has 0 fully saturated rings. The van der Waals surface area contributed by atoms with Crippen molar-refractivity contribution in [3.8, 4) is 5.75 Å². The summed E-state index contributed by atoms with van der Waals surface area (Å²) in [7, 11) is 0. The Balaban J connectivity index is 1.57. The number of hydrogen-bond donors (Lipinski definition) is 1. The van der Waals surface area contributed by atoms with Crippen LogP contribution in [0.25, 0.3) is 10.9 Å². The number of carbonyl (C=O) groups is 1. The number of fused-ring (bicyclic) bond motifs is 3. The van der Waals surface area contributed by atoms with E-state index in [9.17, 15) is 4.79 Å². The van der Waals surface area contributed by atoms with Gasteiger partial charge in [0.25, 0.3) is 0 Å². The lowest BCUT2D eigenvalue weighted by molar-refractivity contribution is -0.137. The summed E-state index contributed by atoms with van der Waals surface area (Å²) in [5.41, 5.74) is 3.43. The summed E-state index contributed by atoms with van der Waals surface area (Å²) in [5, 5.41) is 10.2. The molecule has 1 aliphatic heterocycles. The first-order chi connectivity index (χ1) is 11.7. The zero-order chi connectivity index (χ0) is 16.5. The van der Waals surface area contributed by atoms with Crippen molar-refractivity contribution < 1.29 is 14.6 Å². The molecule has 1 aromatic heterocycles. The van der Waals surface area contributed by atoms with Crippen LogP contribution in [-0.2, 0) is 17.9 Å². The molecule has 1 atom stereocenters. The normalized spacial score (nSPS) is 16.2. The molecule has 0 saturated heterocycles. The van der Waals surface area contributed by atoms with Gasteiger partial charge in [0.05, 0.1) is 6.42 Å². The fourth-order valence-electron chi connectivity index (χ4n) is 3.54. The van der Waals surface area contributed by atoms with Crippen LogP contribution >= 0.6 is 0 Å². The van der Waals surface area contributed by atoms with Crippen LogP contribution in [0.2, 0.25) is 0 Å². The van der Waals surface area contributed by atoms with Crippen LogP contribution in [0.4, 0.5) is 0 Å². The average molecular weight is 321 g/mol. The number of aliphatic carboxylic acids is 1. The van der Waals surface area contributed by atoms with Crippen molar-refractivity contribution >= 4 is 16.9 Å². The van der Waals surface area contributed by atoms with Crippen molar-refractivity contribution in [3.63, 3.8) is 0 Å². The van der Waals surface area contributed by atoms with Crippen LogP contribution in [0.1, 0.15) is 30.0 Å². The molecule has 0 saturated carbocycles. The van der Waals surface area contributed by atoms with E-state index in [1.807, 2.05) is 42.5 Å². The van der Waals surface area contributed by atoms with E-state index in [1.165, 1.54) is 0 Å². The van der Waals surface area contributed by atoms with E-state index in [4.69, 9.17) is 9.84 Å². The lowest BCUT2D eigenvalue weighted by Gasteiger charge is -2.07. The van der Waals surface area contributed by atoms with Gasteiger partial charge >= 0.3 is 5.97 Å². The number of rotatable bonds is 5. The van der Waals surface area contributed by atoms with Crippen molar-refractivity contribution in [2.75, 3.05) is 0 Å². The van der Waals surface area contributed by atoms with Crippen molar-refractivity contribution in [2.24, 2.45) is 0 Å². The highest BCUT2D eigenvalue weighted by Crippen LogP contribution is 2.37. The predicted molar refractivity (Wildman–Crippen MR) is 92.3 cm³/mol. The third kappa shape index (κ3) is 2.75. The standard InChI is InChI=1S/C20H19NO3/c22-20(23)12-15-8-9-21-18-7-6-17(10-16(18)11-19(15)21)24-13-14-4-2-1-3-5-14/h1-7,10-11,15H,8-9,12-13H2,(H,22,23)/t15-/m1/s1. The molecule has 3 aromatic rings. The molecule has 0 spiro atoms. The maximum absolute atomic E-state index is 11.0. The third-order valence-electron chi connectivity index (χ3n) is 4.69. The minimum absolute atomic E-state index is 0.114. The van der Waals surface area contributed by atoms with E-state index in [0.29, 0.717) is 6.61 Å². The van der Waals surface area contributed by atoms with Gasteiger partial charge in [-0.2, -0.15) is 0 Å². The lowest BCUT2D eigenvalue weighted by Crippen LogP contribution is -2.02. The van der Waals surface area contributed by atoms with Gasteiger partial charge < -0.3 is 14.4 Å². The predicted octanol–water partition coefficient (Wildman–Crippen LogP) is 4.18. The second kappa shape index (κ2) is 6.04. The van der Waals surface area contributed by atoms with E-state index in [-0.39, 0.29) is 12.3 Å². The molecule has 122 valence electrons. The topological polar surface area (TPSA) is 51.5 Å². The van der Waals surface area contributed by atoms with Gasteiger partial charge in [0.15, 0.2) is 0 Å². The second-order valence-corrected chi connectivity index (χ2v) is 6.30. The largest absolute Gasteiger partial charge is 0.489 e. The molecule has 1 aliphatic rings. The van der Waals surface area contributed by atoms with Crippen molar-refractivity contribution in [1.29, 1.82) is 0 Å². The Morgan fingerprint density at radius 2 is 2.00 bits per heavy atom. The molecule has 2 aromatic carbocycles.